The molecule has 7 nitrogen and oxygen atoms in total. The second kappa shape index (κ2) is 9.75. The molecule has 0 saturated heterocycles. The number of pyridine rings is 2. The summed E-state index contributed by atoms with van der Waals surface area (Å²) in [5.41, 5.74) is 7.52. The molecule has 0 aliphatic rings. The maximum absolute atomic E-state index is 14.5. The third-order valence-electron chi connectivity index (χ3n) is 6.24. The van der Waals surface area contributed by atoms with Crippen LogP contribution in [0.3, 0.4) is 0 Å². The average Bonchev–Trinajstić information content (AvgIpc) is 3.56. The molecule has 0 bridgehead atoms. The standard InChI is InChI=1S/C29H24FN7/c1-19-7-6-12-25(34-19)29-28(21-13-14-27-32-18-33-37(27)17-21)35-26(36-29)16-31-15-20-8-2-3-9-22(20)23-10-4-5-11-24(23)30/h2-14,17-18,31H,15-16H2,1H3,(H,35,36). The lowest BCUT2D eigenvalue weighted by Gasteiger charge is -2.11. The van der Waals surface area contributed by atoms with Gasteiger partial charge in [0.1, 0.15) is 23.7 Å². The minimum Gasteiger partial charge on any atom is -0.340 e. The highest BCUT2D eigenvalue weighted by molar-refractivity contribution is 5.77. The zero-order chi connectivity index (χ0) is 25.2. The van der Waals surface area contributed by atoms with Gasteiger partial charge in [0.05, 0.1) is 17.9 Å². The van der Waals surface area contributed by atoms with E-state index in [2.05, 4.69) is 20.4 Å². The van der Waals surface area contributed by atoms with Crippen molar-refractivity contribution in [1.29, 1.82) is 0 Å². The number of aromatic nitrogens is 6. The van der Waals surface area contributed by atoms with Gasteiger partial charge >= 0.3 is 0 Å². The molecular formula is C29H24FN7. The molecule has 8 heteroatoms. The fourth-order valence-electron chi connectivity index (χ4n) is 4.47. The van der Waals surface area contributed by atoms with Gasteiger partial charge in [0.2, 0.25) is 0 Å². The maximum atomic E-state index is 14.5. The molecule has 4 heterocycles. The van der Waals surface area contributed by atoms with E-state index in [1.807, 2.05) is 73.8 Å². The Bertz CT molecular complexity index is 1700. The maximum Gasteiger partial charge on any atom is 0.155 e. The van der Waals surface area contributed by atoms with Crippen LogP contribution < -0.4 is 5.32 Å². The number of hydrogen-bond acceptors (Lipinski definition) is 5. The van der Waals surface area contributed by atoms with Crippen LogP contribution >= 0.6 is 0 Å². The van der Waals surface area contributed by atoms with E-state index in [1.165, 1.54) is 12.4 Å². The lowest BCUT2D eigenvalue weighted by atomic mass is 9.99. The summed E-state index contributed by atoms with van der Waals surface area (Å²) >= 11 is 0. The van der Waals surface area contributed by atoms with Crippen molar-refractivity contribution >= 4 is 5.65 Å². The van der Waals surface area contributed by atoms with E-state index in [0.29, 0.717) is 18.7 Å². The van der Waals surface area contributed by atoms with Crippen LogP contribution in [-0.4, -0.2) is 29.5 Å². The Balaban J connectivity index is 1.30. The fourth-order valence-corrected chi connectivity index (χ4v) is 4.47. The van der Waals surface area contributed by atoms with Gasteiger partial charge in [-0.25, -0.2) is 18.9 Å². The third-order valence-corrected chi connectivity index (χ3v) is 6.24. The first kappa shape index (κ1) is 22.8. The normalized spacial score (nSPS) is 11.3. The van der Waals surface area contributed by atoms with Crippen LogP contribution in [0.4, 0.5) is 4.39 Å². The molecule has 182 valence electrons. The lowest BCUT2D eigenvalue weighted by Crippen LogP contribution is -2.14. The zero-order valence-corrected chi connectivity index (χ0v) is 20.2. The Morgan fingerprint density at radius 3 is 2.57 bits per heavy atom. The number of hydrogen-bond donors (Lipinski definition) is 2. The highest BCUT2D eigenvalue weighted by atomic mass is 19.1. The molecule has 37 heavy (non-hydrogen) atoms. The summed E-state index contributed by atoms with van der Waals surface area (Å²) in [5.74, 6) is 0.542. The van der Waals surface area contributed by atoms with Gasteiger partial charge in [0, 0.05) is 29.6 Å². The molecule has 0 fully saturated rings. The summed E-state index contributed by atoms with van der Waals surface area (Å²) in [6, 6.07) is 24.5. The van der Waals surface area contributed by atoms with Gasteiger partial charge in [-0.3, -0.25) is 4.98 Å². The summed E-state index contributed by atoms with van der Waals surface area (Å²) in [6.45, 7) is 3.02. The SMILES string of the molecule is Cc1cccc(-c2nc(CNCc3ccccc3-c3ccccc3F)[nH]c2-c2ccc3ncnn3c2)n1. The van der Waals surface area contributed by atoms with Crippen LogP contribution in [0.25, 0.3) is 39.4 Å². The van der Waals surface area contributed by atoms with Crippen molar-refractivity contribution in [2.75, 3.05) is 0 Å². The number of fused-ring (bicyclic) bond motifs is 1. The summed E-state index contributed by atoms with van der Waals surface area (Å²) in [5, 5.41) is 7.73. The first-order valence-electron chi connectivity index (χ1n) is 12.0. The van der Waals surface area contributed by atoms with Crippen molar-refractivity contribution in [3.63, 3.8) is 0 Å². The fraction of sp³-hybridized carbons (Fsp3) is 0.103. The smallest absolute Gasteiger partial charge is 0.155 e. The second-order valence-corrected chi connectivity index (χ2v) is 8.79. The van der Waals surface area contributed by atoms with Crippen LogP contribution in [0.15, 0.2) is 91.4 Å². The number of halogens is 1. The molecule has 0 saturated carbocycles. The van der Waals surface area contributed by atoms with E-state index in [1.54, 1.807) is 16.6 Å². The Kier molecular flexibility index (Phi) is 6.00. The average molecular weight is 490 g/mol. The Labute approximate surface area is 213 Å². The van der Waals surface area contributed by atoms with Gasteiger partial charge in [-0.05, 0) is 48.4 Å². The number of aryl methyl sites for hydroxylation is 1. The van der Waals surface area contributed by atoms with Crippen molar-refractivity contribution in [2.45, 2.75) is 20.0 Å². The van der Waals surface area contributed by atoms with Crippen molar-refractivity contribution in [3.05, 3.63) is 114 Å². The van der Waals surface area contributed by atoms with Crippen molar-refractivity contribution in [2.24, 2.45) is 0 Å². The van der Waals surface area contributed by atoms with Crippen LogP contribution in [0, 0.1) is 12.7 Å². The Hall–Kier alpha value is -4.69. The number of benzene rings is 2. The zero-order valence-electron chi connectivity index (χ0n) is 20.2. The highest BCUT2D eigenvalue weighted by Gasteiger charge is 2.17. The molecule has 2 aromatic carbocycles. The highest BCUT2D eigenvalue weighted by Crippen LogP contribution is 2.30. The summed E-state index contributed by atoms with van der Waals surface area (Å²) < 4.78 is 16.2. The minimum atomic E-state index is -0.231. The largest absolute Gasteiger partial charge is 0.340 e. The summed E-state index contributed by atoms with van der Waals surface area (Å²) in [7, 11) is 0. The number of nitrogens with one attached hydrogen (secondary N) is 2. The van der Waals surface area contributed by atoms with Crippen molar-refractivity contribution in [1.82, 2.24) is 34.9 Å². The molecule has 0 amide bonds. The quantitative estimate of drug-likeness (QED) is 0.306. The molecule has 0 atom stereocenters. The predicted octanol–water partition coefficient (Wildman–Crippen LogP) is 5.59. The van der Waals surface area contributed by atoms with Gasteiger partial charge < -0.3 is 10.3 Å². The summed E-state index contributed by atoms with van der Waals surface area (Å²) in [6.07, 6.45) is 3.46. The van der Waals surface area contributed by atoms with Crippen LogP contribution in [0.1, 0.15) is 17.1 Å². The minimum absolute atomic E-state index is 0.231. The van der Waals surface area contributed by atoms with Crippen molar-refractivity contribution in [3.8, 4) is 33.8 Å². The van der Waals surface area contributed by atoms with Gasteiger partial charge in [0.15, 0.2) is 5.65 Å². The van der Waals surface area contributed by atoms with Gasteiger partial charge in [-0.1, -0.05) is 48.5 Å². The number of imidazole rings is 1. The monoisotopic (exact) mass is 489 g/mol. The van der Waals surface area contributed by atoms with Crippen LogP contribution in [-0.2, 0) is 13.1 Å². The number of aromatic amines is 1. The van der Waals surface area contributed by atoms with Crippen LogP contribution in [0.2, 0.25) is 0 Å². The van der Waals surface area contributed by atoms with E-state index >= 15 is 0 Å². The predicted molar refractivity (Wildman–Crippen MR) is 141 cm³/mol. The number of nitrogens with zero attached hydrogens (tertiary/aromatic N) is 5. The molecule has 0 radical (unpaired) electrons. The molecule has 6 aromatic rings. The first-order chi connectivity index (χ1) is 18.2. The molecule has 0 aliphatic heterocycles. The topological polar surface area (TPSA) is 83.8 Å². The molecule has 6 rings (SSSR count). The van der Waals surface area contributed by atoms with E-state index in [0.717, 1.165) is 50.9 Å². The number of rotatable bonds is 7. The van der Waals surface area contributed by atoms with E-state index in [9.17, 15) is 4.39 Å². The van der Waals surface area contributed by atoms with Gasteiger partial charge in [-0.15, -0.1) is 0 Å². The first-order valence-corrected chi connectivity index (χ1v) is 12.0. The number of H-pyrrole nitrogens is 1. The van der Waals surface area contributed by atoms with Crippen molar-refractivity contribution < 1.29 is 4.39 Å². The Morgan fingerprint density at radius 2 is 1.70 bits per heavy atom. The van der Waals surface area contributed by atoms with Gasteiger partial charge in [0.25, 0.3) is 0 Å². The second-order valence-electron chi connectivity index (χ2n) is 8.79. The van der Waals surface area contributed by atoms with Gasteiger partial charge in [-0.2, -0.15) is 5.10 Å². The molecule has 0 aliphatic carbocycles. The van der Waals surface area contributed by atoms with Crippen LogP contribution in [0.5, 0.6) is 0 Å². The molecule has 2 N–H and O–H groups in total. The van der Waals surface area contributed by atoms with E-state index in [-0.39, 0.29) is 5.82 Å². The van der Waals surface area contributed by atoms with E-state index < -0.39 is 0 Å². The lowest BCUT2D eigenvalue weighted by molar-refractivity contribution is 0.630. The molecule has 0 spiro atoms. The molecule has 0 unspecified atom stereocenters. The van der Waals surface area contributed by atoms with E-state index in [4.69, 9.17) is 9.97 Å². The Morgan fingerprint density at radius 1 is 0.865 bits per heavy atom. The molecule has 4 aromatic heterocycles. The third kappa shape index (κ3) is 4.62. The molecular weight excluding hydrogens is 465 g/mol. The summed E-state index contributed by atoms with van der Waals surface area (Å²) in [4.78, 5) is 17.3.